The summed E-state index contributed by atoms with van der Waals surface area (Å²) in [5.41, 5.74) is -2.28. The molecule has 0 radical (unpaired) electrons. The van der Waals surface area contributed by atoms with Gasteiger partial charge in [0.05, 0.1) is 0 Å². The van der Waals surface area contributed by atoms with Crippen LogP contribution in [0.5, 0.6) is 0 Å². The smallest absolute Gasteiger partial charge is 0.252 e. The van der Waals surface area contributed by atoms with Crippen LogP contribution in [-0.2, 0) is 12.4 Å². The Morgan fingerprint density at radius 3 is 1.42 bits per heavy atom. The first kappa shape index (κ1) is 17.7. The minimum atomic E-state index is -4.65. The van der Waals surface area contributed by atoms with E-state index in [1.54, 1.807) is 0 Å². The quantitative estimate of drug-likeness (QED) is 0.637. The summed E-state index contributed by atoms with van der Waals surface area (Å²) in [6.45, 7) is 0. The number of hydrogen-bond donors (Lipinski definition) is 0. The first-order valence-corrected chi connectivity index (χ1v) is 6.91. The Labute approximate surface area is 141 Å². The normalized spacial score (nSPS) is 12.2. The maximum atomic E-state index is 12.8. The fourth-order valence-corrected chi connectivity index (χ4v) is 2.02. The number of rotatable bonds is 2. The summed E-state index contributed by atoms with van der Waals surface area (Å²) in [6, 6.07) is 3.99. The van der Waals surface area contributed by atoms with Crippen LogP contribution in [0.4, 0.5) is 26.3 Å². The molecule has 26 heavy (non-hydrogen) atoms. The van der Waals surface area contributed by atoms with Crippen LogP contribution in [0.15, 0.2) is 43.0 Å². The monoisotopic (exact) mass is 371 g/mol. The van der Waals surface area contributed by atoms with E-state index in [2.05, 4.69) is 24.9 Å². The molecule has 11 heteroatoms. The second-order valence-electron chi connectivity index (χ2n) is 4.99. The van der Waals surface area contributed by atoms with E-state index in [9.17, 15) is 26.3 Å². The maximum absolute atomic E-state index is 12.8. The lowest BCUT2D eigenvalue weighted by molar-refractivity contribution is -0.141. The summed E-state index contributed by atoms with van der Waals surface area (Å²) in [5.74, 6) is -0.262. The van der Waals surface area contributed by atoms with Crippen molar-refractivity contribution in [2.75, 3.05) is 0 Å². The third kappa shape index (κ3) is 3.76. The van der Waals surface area contributed by atoms with Gasteiger partial charge in [0.15, 0.2) is 11.6 Å². The van der Waals surface area contributed by atoms with Crippen molar-refractivity contribution in [1.82, 2.24) is 24.9 Å². The Morgan fingerprint density at radius 1 is 0.615 bits per heavy atom. The Kier molecular flexibility index (Phi) is 4.30. The lowest BCUT2D eigenvalue weighted by Gasteiger charge is -2.08. The van der Waals surface area contributed by atoms with Gasteiger partial charge in [0.1, 0.15) is 17.7 Å². The van der Waals surface area contributed by atoms with Gasteiger partial charge in [-0.25, -0.2) is 15.0 Å². The van der Waals surface area contributed by atoms with Crippen LogP contribution < -0.4 is 0 Å². The highest BCUT2D eigenvalue weighted by molar-refractivity contribution is 5.60. The van der Waals surface area contributed by atoms with Crippen LogP contribution in [0.25, 0.3) is 22.8 Å². The Morgan fingerprint density at radius 2 is 1.04 bits per heavy atom. The summed E-state index contributed by atoms with van der Waals surface area (Å²) < 4.78 is 76.5. The molecule has 3 aromatic rings. The fraction of sp³-hybridized carbons (Fsp3) is 0.133. The summed E-state index contributed by atoms with van der Waals surface area (Å²) in [5, 5.41) is 0. The number of alkyl halides is 6. The van der Waals surface area contributed by atoms with Gasteiger partial charge in [0.2, 0.25) is 0 Å². The minimum Gasteiger partial charge on any atom is -0.252 e. The molecule has 0 saturated carbocycles. The fourth-order valence-electron chi connectivity index (χ4n) is 2.02. The van der Waals surface area contributed by atoms with Gasteiger partial charge >= 0.3 is 12.4 Å². The van der Waals surface area contributed by atoms with E-state index >= 15 is 0 Å². The van der Waals surface area contributed by atoms with Crippen LogP contribution in [0.3, 0.4) is 0 Å². The van der Waals surface area contributed by atoms with Gasteiger partial charge in [-0.15, -0.1) is 0 Å². The predicted octanol–water partition coefficient (Wildman–Crippen LogP) is 4.03. The Hall–Kier alpha value is -3.11. The van der Waals surface area contributed by atoms with Gasteiger partial charge in [0.25, 0.3) is 0 Å². The number of hydrogen-bond acceptors (Lipinski definition) is 5. The number of aromatic nitrogens is 5. The molecule has 0 unspecified atom stereocenters. The Bertz CT molecular complexity index is 865. The van der Waals surface area contributed by atoms with Gasteiger partial charge in [-0.1, -0.05) is 0 Å². The molecule has 0 aliphatic heterocycles. The molecule has 0 bridgehead atoms. The molecule has 0 aliphatic carbocycles. The van der Waals surface area contributed by atoms with E-state index in [4.69, 9.17) is 0 Å². The van der Waals surface area contributed by atoms with Gasteiger partial charge in [-0.3, -0.25) is 9.97 Å². The SMILES string of the molecule is FC(F)(F)c1cc(-c2ncnc(-c3ccnc(C(F)(F)F)c3)n2)ccn1. The molecule has 0 aliphatic rings. The first-order chi connectivity index (χ1) is 12.1. The molecule has 0 atom stereocenters. The molecule has 3 rings (SSSR count). The zero-order valence-electron chi connectivity index (χ0n) is 12.5. The van der Waals surface area contributed by atoms with Gasteiger partial charge in [-0.2, -0.15) is 26.3 Å². The average Bonchev–Trinajstić information content (AvgIpc) is 2.61. The van der Waals surface area contributed by atoms with E-state index in [0.29, 0.717) is 0 Å². The Balaban J connectivity index is 2.03. The maximum Gasteiger partial charge on any atom is 0.433 e. The summed E-state index contributed by atoms with van der Waals surface area (Å²) in [4.78, 5) is 17.9. The van der Waals surface area contributed by atoms with E-state index < -0.39 is 23.7 Å². The molecule has 0 spiro atoms. The van der Waals surface area contributed by atoms with Crippen LogP contribution in [-0.4, -0.2) is 24.9 Å². The highest BCUT2D eigenvalue weighted by atomic mass is 19.4. The van der Waals surface area contributed by atoms with Crippen molar-refractivity contribution in [1.29, 1.82) is 0 Å². The summed E-state index contributed by atoms with van der Waals surface area (Å²) in [6.07, 6.45) is -6.43. The van der Waals surface area contributed by atoms with Crippen LogP contribution in [0, 0.1) is 0 Å². The number of nitrogens with zero attached hydrogens (tertiary/aromatic N) is 5. The second kappa shape index (κ2) is 6.32. The molecule has 0 amide bonds. The van der Waals surface area contributed by atoms with Crippen molar-refractivity contribution in [3.05, 3.63) is 54.4 Å². The molecule has 5 nitrogen and oxygen atoms in total. The van der Waals surface area contributed by atoms with Crippen molar-refractivity contribution in [2.24, 2.45) is 0 Å². The van der Waals surface area contributed by atoms with Crippen molar-refractivity contribution in [3.8, 4) is 22.8 Å². The molecular formula is C15H7F6N5. The molecule has 0 fully saturated rings. The minimum absolute atomic E-state index is 0.000996. The lowest BCUT2D eigenvalue weighted by Crippen LogP contribution is -2.08. The molecule has 0 aromatic carbocycles. The summed E-state index contributed by atoms with van der Waals surface area (Å²) >= 11 is 0. The van der Waals surface area contributed by atoms with E-state index in [1.807, 2.05) is 0 Å². The van der Waals surface area contributed by atoms with Gasteiger partial charge in [0, 0.05) is 23.5 Å². The molecular weight excluding hydrogens is 364 g/mol. The summed E-state index contributed by atoms with van der Waals surface area (Å²) in [7, 11) is 0. The molecule has 0 saturated heterocycles. The van der Waals surface area contributed by atoms with Crippen LogP contribution >= 0.6 is 0 Å². The molecule has 3 heterocycles. The molecule has 3 aromatic heterocycles. The van der Waals surface area contributed by atoms with Crippen LogP contribution in [0.2, 0.25) is 0 Å². The van der Waals surface area contributed by atoms with E-state index in [0.717, 1.165) is 30.9 Å². The van der Waals surface area contributed by atoms with Crippen molar-refractivity contribution < 1.29 is 26.3 Å². The van der Waals surface area contributed by atoms with Crippen molar-refractivity contribution >= 4 is 0 Å². The highest BCUT2D eigenvalue weighted by Gasteiger charge is 2.33. The largest absolute Gasteiger partial charge is 0.433 e. The third-order valence-corrected chi connectivity index (χ3v) is 3.19. The second-order valence-corrected chi connectivity index (χ2v) is 4.99. The number of halogens is 6. The lowest BCUT2D eigenvalue weighted by atomic mass is 10.2. The van der Waals surface area contributed by atoms with Crippen LogP contribution in [0.1, 0.15) is 11.4 Å². The van der Waals surface area contributed by atoms with Crippen molar-refractivity contribution in [3.63, 3.8) is 0 Å². The topological polar surface area (TPSA) is 64.5 Å². The van der Waals surface area contributed by atoms with Gasteiger partial charge < -0.3 is 0 Å². The molecule has 134 valence electrons. The third-order valence-electron chi connectivity index (χ3n) is 3.19. The first-order valence-electron chi connectivity index (χ1n) is 6.91. The zero-order chi connectivity index (χ0) is 18.9. The van der Waals surface area contributed by atoms with E-state index in [1.165, 1.54) is 12.1 Å². The van der Waals surface area contributed by atoms with E-state index in [-0.39, 0.29) is 22.8 Å². The number of pyridine rings is 2. The standard InChI is InChI=1S/C15H7F6N5/c16-14(17,18)10-5-8(1-3-22-10)12-24-7-25-13(26-12)9-2-4-23-11(6-9)15(19,20)21/h1-7H. The predicted molar refractivity (Wildman–Crippen MR) is 76.3 cm³/mol. The molecule has 0 N–H and O–H groups in total. The van der Waals surface area contributed by atoms with Gasteiger partial charge in [-0.05, 0) is 24.3 Å². The average molecular weight is 371 g/mol. The van der Waals surface area contributed by atoms with Crippen molar-refractivity contribution in [2.45, 2.75) is 12.4 Å². The highest BCUT2D eigenvalue weighted by Crippen LogP contribution is 2.31. The zero-order valence-corrected chi connectivity index (χ0v) is 12.5.